The van der Waals surface area contributed by atoms with Crippen LogP contribution < -0.4 is 0 Å². The Morgan fingerprint density at radius 2 is 2.33 bits per heavy atom. The highest BCUT2D eigenvalue weighted by molar-refractivity contribution is 7.08. The number of aromatic nitrogens is 2. The minimum Gasteiger partial charge on any atom is -0.329 e. The van der Waals surface area contributed by atoms with Gasteiger partial charge in [0.25, 0.3) is 5.91 Å². The zero-order valence-electron chi connectivity index (χ0n) is 6.94. The molecule has 1 aromatic rings. The normalized spacial score (nSPS) is 15.9. The van der Waals surface area contributed by atoms with Crippen molar-refractivity contribution in [2.45, 2.75) is 26.4 Å². The highest BCUT2D eigenvalue weighted by Gasteiger charge is 2.32. The molecule has 4 nitrogen and oxygen atoms in total. The van der Waals surface area contributed by atoms with Crippen molar-refractivity contribution >= 4 is 17.4 Å². The largest absolute Gasteiger partial charge is 0.329 e. The van der Waals surface area contributed by atoms with Gasteiger partial charge in [-0.2, -0.15) is 0 Å². The molecule has 0 aliphatic carbocycles. The lowest BCUT2D eigenvalue weighted by Crippen LogP contribution is -2.30. The Kier molecular flexibility index (Phi) is 1.61. The minimum atomic E-state index is 0.0787. The molecule has 0 atom stereocenters. The van der Waals surface area contributed by atoms with Crippen LogP contribution in [0.2, 0.25) is 0 Å². The zero-order chi connectivity index (χ0) is 8.72. The molecular weight excluding hydrogens is 174 g/mol. The number of fused-ring (bicyclic) bond motifs is 1. The average molecular weight is 183 g/mol. The molecule has 12 heavy (non-hydrogen) atoms. The predicted octanol–water partition coefficient (Wildman–Crippen LogP) is 0.902. The quantitative estimate of drug-likeness (QED) is 0.650. The first kappa shape index (κ1) is 7.67. The summed E-state index contributed by atoms with van der Waals surface area (Å²) in [5.41, 5.74) is 0.832. The standard InChI is InChI=1S/C7H9N3OS/c1-4(2)10-3-5-6(7(10)11)12-9-8-5/h4H,3H2,1-2H3. The maximum atomic E-state index is 11.6. The first-order valence-corrected chi connectivity index (χ1v) is 4.59. The maximum absolute atomic E-state index is 11.6. The van der Waals surface area contributed by atoms with Gasteiger partial charge in [-0.3, -0.25) is 4.79 Å². The van der Waals surface area contributed by atoms with Gasteiger partial charge in [0.2, 0.25) is 0 Å². The summed E-state index contributed by atoms with van der Waals surface area (Å²) in [6.45, 7) is 4.63. The average Bonchev–Trinajstić information content (AvgIpc) is 2.53. The van der Waals surface area contributed by atoms with Gasteiger partial charge in [-0.25, -0.2) is 0 Å². The summed E-state index contributed by atoms with van der Waals surface area (Å²) >= 11 is 1.19. The first-order chi connectivity index (χ1) is 5.70. The van der Waals surface area contributed by atoms with Crippen LogP contribution in [0.5, 0.6) is 0 Å². The van der Waals surface area contributed by atoms with Crippen molar-refractivity contribution in [3.63, 3.8) is 0 Å². The number of hydrogen-bond acceptors (Lipinski definition) is 4. The van der Waals surface area contributed by atoms with Gasteiger partial charge in [-0.05, 0) is 25.4 Å². The van der Waals surface area contributed by atoms with Crippen LogP contribution in [-0.2, 0) is 6.54 Å². The Balaban J connectivity index is 2.33. The van der Waals surface area contributed by atoms with Crippen molar-refractivity contribution in [1.82, 2.24) is 14.5 Å². The number of rotatable bonds is 1. The Morgan fingerprint density at radius 3 is 2.92 bits per heavy atom. The Morgan fingerprint density at radius 1 is 1.58 bits per heavy atom. The molecule has 0 N–H and O–H groups in total. The van der Waals surface area contributed by atoms with E-state index in [4.69, 9.17) is 0 Å². The second kappa shape index (κ2) is 2.52. The topological polar surface area (TPSA) is 46.1 Å². The van der Waals surface area contributed by atoms with Gasteiger partial charge in [0.1, 0.15) is 10.6 Å². The van der Waals surface area contributed by atoms with E-state index in [0.29, 0.717) is 11.4 Å². The maximum Gasteiger partial charge on any atom is 0.268 e. The van der Waals surface area contributed by atoms with Crippen molar-refractivity contribution in [2.24, 2.45) is 0 Å². The second-order valence-electron chi connectivity index (χ2n) is 3.08. The molecule has 1 amide bonds. The van der Waals surface area contributed by atoms with Crippen molar-refractivity contribution in [3.05, 3.63) is 10.6 Å². The lowest BCUT2D eigenvalue weighted by atomic mass is 10.3. The van der Waals surface area contributed by atoms with Crippen molar-refractivity contribution < 1.29 is 4.79 Å². The van der Waals surface area contributed by atoms with E-state index in [-0.39, 0.29) is 11.9 Å². The van der Waals surface area contributed by atoms with Gasteiger partial charge in [-0.15, -0.1) is 5.10 Å². The molecule has 0 unspecified atom stereocenters. The Bertz CT molecular complexity index is 320. The molecule has 0 aromatic carbocycles. The van der Waals surface area contributed by atoms with Crippen molar-refractivity contribution in [1.29, 1.82) is 0 Å². The summed E-state index contributed by atoms with van der Waals surface area (Å²) < 4.78 is 3.73. The summed E-state index contributed by atoms with van der Waals surface area (Å²) in [6, 6.07) is 0.249. The van der Waals surface area contributed by atoms with Gasteiger partial charge < -0.3 is 4.90 Å². The Hall–Kier alpha value is -0.970. The van der Waals surface area contributed by atoms with E-state index in [1.54, 1.807) is 4.90 Å². The van der Waals surface area contributed by atoms with Crippen LogP contribution in [0.4, 0.5) is 0 Å². The monoisotopic (exact) mass is 183 g/mol. The second-order valence-corrected chi connectivity index (χ2v) is 3.83. The van der Waals surface area contributed by atoms with Crippen LogP contribution in [0.3, 0.4) is 0 Å². The fourth-order valence-electron chi connectivity index (χ4n) is 1.26. The van der Waals surface area contributed by atoms with Gasteiger partial charge >= 0.3 is 0 Å². The lowest BCUT2D eigenvalue weighted by molar-refractivity contribution is 0.0732. The third kappa shape index (κ3) is 0.929. The van der Waals surface area contributed by atoms with Gasteiger partial charge in [0.05, 0.1) is 6.54 Å². The van der Waals surface area contributed by atoms with Gasteiger partial charge in [0.15, 0.2) is 0 Å². The summed E-state index contributed by atoms with van der Waals surface area (Å²) in [6.07, 6.45) is 0. The summed E-state index contributed by atoms with van der Waals surface area (Å²) in [5, 5.41) is 3.89. The molecule has 0 spiro atoms. The van der Waals surface area contributed by atoms with E-state index < -0.39 is 0 Å². The van der Waals surface area contributed by atoms with Crippen LogP contribution in [-0.4, -0.2) is 26.4 Å². The van der Waals surface area contributed by atoms with Crippen LogP contribution in [0.25, 0.3) is 0 Å². The van der Waals surface area contributed by atoms with Crippen LogP contribution in [0.15, 0.2) is 0 Å². The Labute approximate surface area is 74.4 Å². The fourth-order valence-corrected chi connectivity index (χ4v) is 1.88. The lowest BCUT2D eigenvalue weighted by Gasteiger charge is -2.19. The molecule has 0 saturated heterocycles. The van der Waals surface area contributed by atoms with Gasteiger partial charge in [0, 0.05) is 6.04 Å². The van der Waals surface area contributed by atoms with E-state index >= 15 is 0 Å². The fraction of sp³-hybridized carbons (Fsp3) is 0.571. The van der Waals surface area contributed by atoms with E-state index in [1.165, 1.54) is 11.5 Å². The number of hydrogen-bond donors (Lipinski definition) is 0. The summed E-state index contributed by atoms with van der Waals surface area (Å²) in [5.74, 6) is 0.0787. The predicted molar refractivity (Wildman–Crippen MR) is 44.9 cm³/mol. The smallest absolute Gasteiger partial charge is 0.268 e. The van der Waals surface area contributed by atoms with Crippen molar-refractivity contribution in [2.75, 3.05) is 0 Å². The SMILES string of the molecule is CC(C)N1Cc2nnsc2C1=O. The minimum absolute atomic E-state index is 0.0787. The molecule has 0 radical (unpaired) electrons. The molecular formula is C7H9N3OS. The highest BCUT2D eigenvalue weighted by atomic mass is 32.1. The molecule has 2 heterocycles. The van der Waals surface area contributed by atoms with Crippen LogP contribution in [0, 0.1) is 0 Å². The number of amides is 1. The molecule has 0 fully saturated rings. The molecule has 1 aliphatic heterocycles. The molecule has 5 heteroatoms. The van der Waals surface area contributed by atoms with E-state index in [9.17, 15) is 4.79 Å². The number of carbonyl (C=O) groups excluding carboxylic acids is 1. The summed E-state index contributed by atoms with van der Waals surface area (Å²) in [7, 11) is 0. The molecule has 0 bridgehead atoms. The van der Waals surface area contributed by atoms with Gasteiger partial charge in [-0.1, -0.05) is 4.49 Å². The molecule has 1 aromatic heterocycles. The third-order valence-corrected chi connectivity index (χ3v) is 2.71. The van der Waals surface area contributed by atoms with Crippen LogP contribution >= 0.6 is 11.5 Å². The molecule has 2 rings (SSSR count). The molecule has 1 aliphatic rings. The van der Waals surface area contributed by atoms with Crippen LogP contribution in [0.1, 0.15) is 29.2 Å². The highest BCUT2D eigenvalue weighted by Crippen LogP contribution is 2.24. The first-order valence-electron chi connectivity index (χ1n) is 3.82. The van der Waals surface area contributed by atoms with Crippen molar-refractivity contribution in [3.8, 4) is 0 Å². The van der Waals surface area contributed by atoms with E-state index in [0.717, 1.165) is 5.69 Å². The number of nitrogens with zero attached hydrogens (tertiary/aromatic N) is 3. The number of carbonyl (C=O) groups is 1. The zero-order valence-corrected chi connectivity index (χ0v) is 7.76. The third-order valence-electron chi connectivity index (χ3n) is 1.95. The van der Waals surface area contributed by atoms with E-state index in [2.05, 4.69) is 9.59 Å². The van der Waals surface area contributed by atoms with E-state index in [1.807, 2.05) is 13.8 Å². The molecule has 64 valence electrons. The molecule has 0 saturated carbocycles. The summed E-state index contributed by atoms with van der Waals surface area (Å²) in [4.78, 5) is 14.1.